The van der Waals surface area contributed by atoms with E-state index in [2.05, 4.69) is 23.6 Å². The molecule has 0 spiro atoms. The molecule has 2 heterocycles. The fraction of sp³-hybridized carbons (Fsp3) is 0.391. The van der Waals surface area contributed by atoms with E-state index >= 15 is 0 Å². The van der Waals surface area contributed by atoms with Crippen LogP contribution in [0.2, 0.25) is 0 Å². The lowest BCUT2D eigenvalue weighted by molar-refractivity contribution is -0.117. The number of amides is 2. The van der Waals surface area contributed by atoms with Gasteiger partial charge in [0.15, 0.2) is 0 Å². The highest BCUT2D eigenvalue weighted by Gasteiger charge is 2.30. The zero-order valence-electron chi connectivity index (χ0n) is 16.7. The second-order valence-corrected chi connectivity index (χ2v) is 7.69. The molecule has 2 aromatic carbocycles. The Morgan fingerprint density at radius 3 is 2.76 bits per heavy atom. The van der Waals surface area contributed by atoms with E-state index in [4.69, 9.17) is 4.74 Å². The number of benzene rings is 2. The number of hydrogen-bond acceptors (Lipinski definition) is 4. The quantitative estimate of drug-likeness (QED) is 0.792. The van der Waals surface area contributed by atoms with Gasteiger partial charge in [-0.2, -0.15) is 0 Å². The number of anilines is 2. The molecular formula is C23H27N3O3. The standard InChI is InChI=1S/C23H27N3O3/c1-16-13-17-7-2-5-11-21(17)26(16)22(27)15-24-20-10-4-3-9-19(20)23(28)25-14-18-8-6-12-29-18/h2-5,7,9-11,16,18,24H,6,8,12-15H2,1H3,(H,25,28). The summed E-state index contributed by atoms with van der Waals surface area (Å²) < 4.78 is 5.56. The Bertz CT molecular complexity index is 892. The first-order chi connectivity index (χ1) is 14.1. The van der Waals surface area contributed by atoms with Crippen LogP contribution in [0.4, 0.5) is 11.4 Å². The van der Waals surface area contributed by atoms with Gasteiger partial charge >= 0.3 is 0 Å². The molecule has 0 bridgehead atoms. The van der Waals surface area contributed by atoms with Crippen LogP contribution in [0.3, 0.4) is 0 Å². The molecule has 2 aromatic rings. The number of hydrogen-bond donors (Lipinski definition) is 2. The van der Waals surface area contributed by atoms with Crippen molar-refractivity contribution in [3.05, 3.63) is 59.7 Å². The number of carbonyl (C=O) groups is 2. The molecule has 0 aromatic heterocycles. The van der Waals surface area contributed by atoms with Crippen LogP contribution in [0, 0.1) is 0 Å². The Morgan fingerprint density at radius 2 is 1.93 bits per heavy atom. The first-order valence-electron chi connectivity index (χ1n) is 10.3. The van der Waals surface area contributed by atoms with E-state index in [1.807, 2.05) is 41.3 Å². The van der Waals surface area contributed by atoms with Crippen molar-refractivity contribution in [1.82, 2.24) is 5.32 Å². The van der Waals surface area contributed by atoms with Crippen LogP contribution in [0.25, 0.3) is 0 Å². The summed E-state index contributed by atoms with van der Waals surface area (Å²) in [6.45, 7) is 3.46. The molecule has 2 atom stereocenters. The molecule has 0 saturated carbocycles. The molecule has 4 rings (SSSR count). The largest absolute Gasteiger partial charge is 0.376 e. The number of fused-ring (bicyclic) bond motifs is 1. The molecule has 6 heteroatoms. The Morgan fingerprint density at radius 1 is 1.14 bits per heavy atom. The van der Waals surface area contributed by atoms with E-state index in [1.54, 1.807) is 6.07 Å². The van der Waals surface area contributed by atoms with Crippen molar-refractivity contribution in [3.8, 4) is 0 Å². The maximum Gasteiger partial charge on any atom is 0.253 e. The SMILES string of the molecule is CC1Cc2ccccc2N1C(=O)CNc1ccccc1C(=O)NCC1CCCO1. The van der Waals surface area contributed by atoms with Gasteiger partial charge in [0, 0.05) is 30.6 Å². The molecule has 2 unspecified atom stereocenters. The summed E-state index contributed by atoms with van der Waals surface area (Å²) in [6.07, 6.45) is 2.98. The molecule has 29 heavy (non-hydrogen) atoms. The molecule has 0 aliphatic carbocycles. The minimum atomic E-state index is -0.157. The summed E-state index contributed by atoms with van der Waals surface area (Å²) >= 11 is 0. The van der Waals surface area contributed by atoms with Gasteiger partial charge in [0.1, 0.15) is 0 Å². The number of nitrogens with one attached hydrogen (secondary N) is 2. The lowest BCUT2D eigenvalue weighted by Gasteiger charge is -2.23. The Labute approximate surface area is 171 Å². The van der Waals surface area contributed by atoms with Crippen LogP contribution >= 0.6 is 0 Å². The van der Waals surface area contributed by atoms with E-state index in [1.165, 1.54) is 5.56 Å². The summed E-state index contributed by atoms with van der Waals surface area (Å²) in [7, 11) is 0. The predicted molar refractivity (Wildman–Crippen MR) is 113 cm³/mol. The maximum absolute atomic E-state index is 12.9. The van der Waals surface area contributed by atoms with Crippen LogP contribution in [0.5, 0.6) is 0 Å². The van der Waals surface area contributed by atoms with E-state index in [9.17, 15) is 9.59 Å². The zero-order chi connectivity index (χ0) is 20.2. The van der Waals surface area contributed by atoms with E-state index in [0.717, 1.165) is 31.6 Å². The van der Waals surface area contributed by atoms with Gasteiger partial charge in [0.2, 0.25) is 5.91 Å². The fourth-order valence-corrected chi connectivity index (χ4v) is 4.14. The third-order valence-corrected chi connectivity index (χ3v) is 5.59. The molecule has 152 valence electrons. The summed E-state index contributed by atoms with van der Waals surface area (Å²) in [5.41, 5.74) is 3.37. The molecular weight excluding hydrogens is 366 g/mol. The van der Waals surface area contributed by atoms with Crippen molar-refractivity contribution in [2.75, 3.05) is 29.9 Å². The van der Waals surface area contributed by atoms with Gasteiger partial charge in [-0.3, -0.25) is 9.59 Å². The summed E-state index contributed by atoms with van der Waals surface area (Å²) in [4.78, 5) is 27.4. The number of carbonyl (C=O) groups excluding carboxylic acids is 2. The molecule has 1 saturated heterocycles. The summed E-state index contributed by atoms with van der Waals surface area (Å²) in [6, 6.07) is 15.4. The molecule has 0 radical (unpaired) electrons. The third-order valence-electron chi connectivity index (χ3n) is 5.59. The van der Waals surface area contributed by atoms with E-state index in [-0.39, 0.29) is 30.5 Å². The smallest absolute Gasteiger partial charge is 0.253 e. The predicted octanol–water partition coefficient (Wildman–Crippen LogP) is 2.99. The fourth-order valence-electron chi connectivity index (χ4n) is 4.14. The topological polar surface area (TPSA) is 70.7 Å². The number of nitrogens with zero attached hydrogens (tertiary/aromatic N) is 1. The molecule has 6 nitrogen and oxygen atoms in total. The van der Waals surface area contributed by atoms with Crippen LogP contribution in [-0.2, 0) is 16.0 Å². The molecule has 2 amide bonds. The van der Waals surface area contributed by atoms with Gasteiger partial charge in [0.25, 0.3) is 5.91 Å². The summed E-state index contributed by atoms with van der Waals surface area (Å²) in [5, 5.41) is 6.11. The van der Waals surface area contributed by atoms with Crippen molar-refractivity contribution in [3.63, 3.8) is 0 Å². The highest BCUT2D eigenvalue weighted by atomic mass is 16.5. The molecule has 1 fully saturated rings. The molecule has 2 aliphatic heterocycles. The Hall–Kier alpha value is -2.86. The van der Waals surface area contributed by atoms with Gasteiger partial charge in [-0.05, 0) is 49.9 Å². The zero-order valence-corrected chi connectivity index (χ0v) is 16.7. The average Bonchev–Trinajstić information content (AvgIpc) is 3.37. The molecule has 2 aliphatic rings. The monoisotopic (exact) mass is 393 g/mol. The van der Waals surface area contributed by atoms with Gasteiger partial charge in [0.05, 0.1) is 18.2 Å². The highest BCUT2D eigenvalue weighted by molar-refractivity contribution is 6.02. The van der Waals surface area contributed by atoms with E-state index < -0.39 is 0 Å². The Kier molecular flexibility index (Phi) is 5.81. The minimum Gasteiger partial charge on any atom is -0.376 e. The Balaban J connectivity index is 1.40. The number of rotatable bonds is 6. The second-order valence-electron chi connectivity index (χ2n) is 7.69. The van der Waals surface area contributed by atoms with Gasteiger partial charge < -0.3 is 20.3 Å². The van der Waals surface area contributed by atoms with Crippen LogP contribution < -0.4 is 15.5 Å². The van der Waals surface area contributed by atoms with Gasteiger partial charge in [-0.25, -0.2) is 0 Å². The van der Waals surface area contributed by atoms with Crippen molar-refractivity contribution in [2.45, 2.75) is 38.3 Å². The molecule has 2 N–H and O–H groups in total. The normalized spacial score (nSPS) is 20.4. The summed E-state index contributed by atoms with van der Waals surface area (Å²) in [5.74, 6) is -0.159. The first-order valence-corrected chi connectivity index (χ1v) is 10.3. The lowest BCUT2D eigenvalue weighted by Crippen LogP contribution is -2.39. The average molecular weight is 393 g/mol. The minimum absolute atomic E-state index is 0.00276. The van der Waals surface area contributed by atoms with Crippen molar-refractivity contribution in [2.24, 2.45) is 0 Å². The van der Waals surface area contributed by atoms with Crippen LogP contribution in [0.1, 0.15) is 35.7 Å². The second kappa shape index (κ2) is 8.66. The van der Waals surface area contributed by atoms with Gasteiger partial charge in [-0.1, -0.05) is 30.3 Å². The lowest BCUT2D eigenvalue weighted by atomic mass is 10.1. The van der Waals surface area contributed by atoms with Gasteiger partial charge in [-0.15, -0.1) is 0 Å². The number of para-hydroxylation sites is 2. The number of ether oxygens (including phenoxy) is 1. The third kappa shape index (κ3) is 4.27. The first kappa shape index (κ1) is 19.5. The van der Waals surface area contributed by atoms with Crippen molar-refractivity contribution >= 4 is 23.2 Å². The maximum atomic E-state index is 12.9. The van der Waals surface area contributed by atoms with Crippen molar-refractivity contribution < 1.29 is 14.3 Å². The van der Waals surface area contributed by atoms with Crippen LogP contribution in [0.15, 0.2) is 48.5 Å². The van der Waals surface area contributed by atoms with E-state index in [0.29, 0.717) is 17.8 Å². The highest BCUT2D eigenvalue weighted by Crippen LogP contribution is 2.31. The van der Waals surface area contributed by atoms with Crippen LogP contribution in [-0.4, -0.2) is 43.7 Å². The van der Waals surface area contributed by atoms with Crippen molar-refractivity contribution in [1.29, 1.82) is 0 Å².